The molecule has 3 rings (SSSR count). The zero-order valence-electron chi connectivity index (χ0n) is 17.4. The Kier molecular flexibility index (Phi) is 9.89. The minimum absolute atomic E-state index is 0.0335. The molecule has 27 heavy (non-hydrogen) atoms. The minimum atomic E-state index is -0.0335. The Morgan fingerprint density at radius 2 is 1.63 bits per heavy atom. The molecule has 0 aromatic heterocycles. The van der Waals surface area contributed by atoms with Gasteiger partial charge in [0.05, 0.1) is 0 Å². The standard InChI is InChI=1S/C14H16.C9H11NO.C2H6/c1-11(2)10-13-8-5-7-12-6-3-4-9-14(12)13;1-7-3-5-9(6-4-7)10-8(2)11;1-2/h3-4,6,9-10H,1,5,7-8H2,2H3;3-6H,1-2H3,(H,10,11);1-2H3/b13-10+;;. The number of hydrogen-bond donors (Lipinski definition) is 1. The first kappa shape index (κ1) is 22.4. The molecule has 144 valence electrons. The first-order valence-corrected chi connectivity index (χ1v) is 9.74. The normalized spacial score (nSPS) is 13.3. The van der Waals surface area contributed by atoms with Crippen molar-refractivity contribution in [2.24, 2.45) is 0 Å². The van der Waals surface area contributed by atoms with E-state index in [2.05, 4.69) is 49.2 Å². The Balaban J connectivity index is 0.000000254. The van der Waals surface area contributed by atoms with Gasteiger partial charge in [0.2, 0.25) is 5.91 Å². The zero-order valence-corrected chi connectivity index (χ0v) is 17.4. The Hall–Kier alpha value is -2.61. The van der Waals surface area contributed by atoms with E-state index in [4.69, 9.17) is 0 Å². The number of carbonyl (C=O) groups is 1. The summed E-state index contributed by atoms with van der Waals surface area (Å²) in [4.78, 5) is 10.6. The Morgan fingerprint density at radius 1 is 1.00 bits per heavy atom. The van der Waals surface area contributed by atoms with E-state index in [0.717, 1.165) is 11.3 Å². The molecule has 2 aromatic carbocycles. The molecule has 1 aliphatic rings. The molecule has 0 unspecified atom stereocenters. The van der Waals surface area contributed by atoms with Crippen molar-refractivity contribution in [2.75, 3.05) is 5.32 Å². The lowest BCUT2D eigenvalue weighted by molar-refractivity contribution is -0.114. The predicted octanol–water partition coefficient (Wildman–Crippen LogP) is 6.96. The maximum Gasteiger partial charge on any atom is 0.221 e. The average molecular weight is 364 g/mol. The number of carbonyl (C=O) groups excluding carboxylic acids is 1. The Labute approximate surface area is 165 Å². The highest BCUT2D eigenvalue weighted by Gasteiger charge is 2.12. The molecule has 2 nitrogen and oxygen atoms in total. The van der Waals surface area contributed by atoms with Crippen molar-refractivity contribution in [3.05, 3.63) is 83.4 Å². The van der Waals surface area contributed by atoms with Gasteiger partial charge in [-0.3, -0.25) is 4.79 Å². The van der Waals surface area contributed by atoms with Gasteiger partial charge in [0.15, 0.2) is 0 Å². The molecule has 2 heteroatoms. The SMILES string of the molecule is C=C(C)/C=C1\CCCc2ccccc21.CC.CC(=O)Nc1ccc(C)cc1. The van der Waals surface area contributed by atoms with Crippen molar-refractivity contribution in [2.45, 2.75) is 53.9 Å². The number of amides is 1. The van der Waals surface area contributed by atoms with Crippen LogP contribution in [0.1, 0.15) is 57.2 Å². The summed E-state index contributed by atoms with van der Waals surface area (Å²) >= 11 is 0. The fourth-order valence-electron chi connectivity index (χ4n) is 2.94. The van der Waals surface area contributed by atoms with Crippen LogP contribution in [0.3, 0.4) is 0 Å². The third kappa shape index (κ3) is 8.08. The molecule has 0 spiro atoms. The van der Waals surface area contributed by atoms with Crippen molar-refractivity contribution in [1.82, 2.24) is 0 Å². The minimum Gasteiger partial charge on any atom is -0.326 e. The van der Waals surface area contributed by atoms with Crippen molar-refractivity contribution in [1.29, 1.82) is 0 Å². The van der Waals surface area contributed by atoms with Gasteiger partial charge in [0.25, 0.3) is 0 Å². The van der Waals surface area contributed by atoms with Crippen LogP contribution in [0.25, 0.3) is 5.57 Å². The van der Waals surface area contributed by atoms with Gasteiger partial charge in [-0.25, -0.2) is 0 Å². The highest BCUT2D eigenvalue weighted by Crippen LogP contribution is 2.30. The number of fused-ring (bicyclic) bond motifs is 1. The third-order valence-electron chi connectivity index (χ3n) is 4.05. The van der Waals surface area contributed by atoms with Gasteiger partial charge in [-0.05, 0) is 61.9 Å². The number of hydrogen-bond acceptors (Lipinski definition) is 1. The number of nitrogens with one attached hydrogen (secondary N) is 1. The number of anilines is 1. The van der Waals surface area contributed by atoms with Gasteiger partial charge < -0.3 is 5.32 Å². The van der Waals surface area contributed by atoms with Crippen LogP contribution in [0.15, 0.2) is 66.8 Å². The van der Waals surface area contributed by atoms with Gasteiger partial charge in [0, 0.05) is 12.6 Å². The summed E-state index contributed by atoms with van der Waals surface area (Å²) in [5.74, 6) is -0.0335. The van der Waals surface area contributed by atoms with Crippen molar-refractivity contribution in [3.8, 4) is 0 Å². The topological polar surface area (TPSA) is 29.1 Å². The summed E-state index contributed by atoms with van der Waals surface area (Å²) in [6.07, 6.45) is 5.92. The van der Waals surface area contributed by atoms with Crippen LogP contribution in [0, 0.1) is 6.92 Å². The lowest BCUT2D eigenvalue weighted by Gasteiger charge is -2.18. The molecular weight excluding hydrogens is 330 g/mol. The summed E-state index contributed by atoms with van der Waals surface area (Å²) < 4.78 is 0. The van der Waals surface area contributed by atoms with Gasteiger partial charge >= 0.3 is 0 Å². The highest BCUT2D eigenvalue weighted by molar-refractivity contribution is 5.88. The molecule has 0 saturated heterocycles. The van der Waals surface area contributed by atoms with E-state index in [1.807, 2.05) is 45.0 Å². The first-order valence-electron chi connectivity index (χ1n) is 9.74. The van der Waals surface area contributed by atoms with Crippen molar-refractivity contribution < 1.29 is 4.79 Å². The zero-order chi connectivity index (χ0) is 20.2. The summed E-state index contributed by atoms with van der Waals surface area (Å²) in [5, 5.41) is 2.69. The Morgan fingerprint density at radius 3 is 2.22 bits per heavy atom. The fraction of sp³-hybridized carbons (Fsp3) is 0.320. The fourth-order valence-corrected chi connectivity index (χ4v) is 2.94. The molecule has 0 aliphatic heterocycles. The number of rotatable bonds is 2. The molecule has 0 fully saturated rings. The average Bonchev–Trinajstić information content (AvgIpc) is 2.65. The van der Waals surface area contributed by atoms with Crippen LogP contribution in [0.4, 0.5) is 5.69 Å². The van der Waals surface area contributed by atoms with E-state index in [9.17, 15) is 4.79 Å². The second-order valence-electron chi connectivity index (χ2n) is 6.57. The first-order chi connectivity index (χ1) is 13.0. The van der Waals surface area contributed by atoms with Crippen LogP contribution < -0.4 is 5.32 Å². The van der Waals surface area contributed by atoms with E-state index < -0.39 is 0 Å². The predicted molar refractivity (Wildman–Crippen MR) is 119 cm³/mol. The van der Waals surface area contributed by atoms with E-state index >= 15 is 0 Å². The van der Waals surface area contributed by atoms with Gasteiger partial charge in [-0.1, -0.05) is 74.0 Å². The van der Waals surface area contributed by atoms with Gasteiger partial charge in [-0.15, -0.1) is 0 Å². The van der Waals surface area contributed by atoms with Crippen LogP contribution in [0.5, 0.6) is 0 Å². The lowest BCUT2D eigenvalue weighted by atomic mass is 9.87. The molecule has 0 atom stereocenters. The van der Waals surface area contributed by atoms with Crippen LogP contribution in [0.2, 0.25) is 0 Å². The van der Waals surface area contributed by atoms with Crippen LogP contribution in [-0.4, -0.2) is 5.91 Å². The van der Waals surface area contributed by atoms with E-state index in [0.29, 0.717) is 0 Å². The smallest absolute Gasteiger partial charge is 0.221 e. The monoisotopic (exact) mass is 363 g/mol. The lowest BCUT2D eigenvalue weighted by Crippen LogP contribution is -2.05. The van der Waals surface area contributed by atoms with Gasteiger partial charge in [0.1, 0.15) is 0 Å². The van der Waals surface area contributed by atoms with Crippen LogP contribution >= 0.6 is 0 Å². The van der Waals surface area contributed by atoms with E-state index in [1.54, 1.807) is 0 Å². The molecular formula is C25H33NO. The maximum atomic E-state index is 10.6. The molecule has 1 N–H and O–H groups in total. The molecule has 0 radical (unpaired) electrons. The van der Waals surface area contributed by atoms with Crippen LogP contribution in [-0.2, 0) is 11.2 Å². The van der Waals surface area contributed by atoms with Gasteiger partial charge in [-0.2, -0.15) is 0 Å². The molecule has 1 aliphatic carbocycles. The molecule has 0 bridgehead atoms. The number of benzene rings is 2. The molecule has 2 aromatic rings. The molecule has 1 amide bonds. The van der Waals surface area contributed by atoms with Crippen molar-refractivity contribution >= 4 is 17.2 Å². The summed E-state index contributed by atoms with van der Waals surface area (Å²) in [6.45, 7) is 13.5. The number of allylic oxidation sites excluding steroid dienone is 3. The highest BCUT2D eigenvalue weighted by atomic mass is 16.1. The number of aryl methyl sites for hydroxylation is 2. The van der Waals surface area contributed by atoms with E-state index in [1.165, 1.54) is 48.4 Å². The second kappa shape index (κ2) is 11.9. The van der Waals surface area contributed by atoms with Crippen molar-refractivity contribution in [3.63, 3.8) is 0 Å². The molecule has 0 heterocycles. The summed E-state index contributed by atoms with van der Waals surface area (Å²) in [5.41, 5.74) is 7.58. The second-order valence-corrected chi connectivity index (χ2v) is 6.57. The summed E-state index contributed by atoms with van der Waals surface area (Å²) in [6, 6.07) is 16.4. The molecule has 0 saturated carbocycles. The third-order valence-corrected chi connectivity index (χ3v) is 4.05. The quantitative estimate of drug-likeness (QED) is 0.614. The summed E-state index contributed by atoms with van der Waals surface area (Å²) in [7, 11) is 0. The largest absolute Gasteiger partial charge is 0.326 e. The maximum absolute atomic E-state index is 10.6. The Bertz CT molecular complexity index is 769. The van der Waals surface area contributed by atoms with E-state index in [-0.39, 0.29) is 5.91 Å².